The summed E-state index contributed by atoms with van der Waals surface area (Å²) in [7, 11) is 0. The number of likely N-dealkylation sites (tertiary alicyclic amines) is 1. The van der Waals surface area contributed by atoms with Gasteiger partial charge in [0.05, 0.1) is 12.1 Å². The fourth-order valence-electron chi connectivity index (χ4n) is 5.41. The zero-order valence-electron chi connectivity index (χ0n) is 21.7. The van der Waals surface area contributed by atoms with Crippen LogP contribution in [-0.4, -0.2) is 58.8 Å². The standard InChI is InChI=1S/C28H35N3O6/c1-27(2,3)37-26(33)30-12-10-28(11-13-30)22-7-5-4-6-21(22)24(36-28)25(32)31-14-15-35-23-16-19(17-29-34)8-9-20(23)18-31/h4-9,16,24,29,34H,10-15,17-18H2,1-3H3. The van der Waals surface area contributed by atoms with Crippen molar-refractivity contribution in [2.24, 2.45) is 0 Å². The Morgan fingerprint density at radius 2 is 1.86 bits per heavy atom. The SMILES string of the molecule is CC(C)(C)OC(=O)N1CCC2(CC1)OC(C(=O)N1CCOc3cc(CNO)ccc3C1)c1ccccc12. The number of hydroxylamine groups is 1. The number of carbonyl (C=O) groups excluding carboxylic acids is 2. The highest BCUT2D eigenvalue weighted by atomic mass is 16.6. The Morgan fingerprint density at radius 3 is 2.59 bits per heavy atom. The smallest absolute Gasteiger partial charge is 0.410 e. The third-order valence-corrected chi connectivity index (χ3v) is 7.23. The lowest BCUT2D eigenvalue weighted by Crippen LogP contribution is -2.47. The van der Waals surface area contributed by atoms with Gasteiger partial charge in [0.1, 0.15) is 18.0 Å². The molecule has 0 aliphatic carbocycles. The molecule has 198 valence electrons. The fourth-order valence-corrected chi connectivity index (χ4v) is 5.41. The lowest BCUT2D eigenvalue weighted by atomic mass is 9.83. The van der Waals surface area contributed by atoms with Crippen LogP contribution < -0.4 is 10.2 Å². The molecule has 2 aromatic rings. The zero-order valence-corrected chi connectivity index (χ0v) is 21.7. The van der Waals surface area contributed by atoms with E-state index in [0.29, 0.717) is 52.2 Å². The van der Waals surface area contributed by atoms with E-state index in [-0.39, 0.29) is 12.0 Å². The second kappa shape index (κ2) is 9.96. The van der Waals surface area contributed by atoms with Crippen molar-refractivity contribution in [2.45, 2.75) is 64.0 Å². The molecular formula is C28H35N3O6. The van der Waals surface area contributed by atoms with Gasteiger partial charge in [0.2, 0.25) is 0 Å². The Kier molecular flexibility index (Phi) is 6.87. The lowest BCUT2D eigenvalue weighted by Gasteiger charge is -2.40. The van der Waals surface area contributed by atoms with Crippen molar-refractivity contribution in [3.8, 4) is 5.75 Å². The Morgan fingerprint density at radius 1 is 1.11 bits per heavy atom. The predicted molar refractivity (Wildman–Crippen MR) is 135 cm³/mol. The maximum absolute atomic E-state index is 13.9. The maximum atomic E-state index is 13.9. The molecule has 1 spiro atoms. The van der Waals surface area contributed by atoms with E-state index in [4.69, 9.17) is 19.4 Å². The van der Waals surface area contributed by atoms with E-state index in [2.05, 4.69) is 5.48 Å². The molecule has 3 aliphatic heterocycles. The van der Waals surface area contributed by atoms with Crippen LogP contribution in [0.4, 0.5) is 4.79 Å². The second-order valence-electron chi connectivity index (χ2n) is 10.9. The van der Waals surface area contributed by atoms with Gasteiger partial charge in [-0.15, -0.1) is 0 Å². The minimum Gasteiger partial charge on any atom is -0.491 e. The number of hydrogen-bond acceptors (Lipinski definition) is 7. The highest BCUT2D eigenvalue weighted by Crippen LogP contribution is 2.50. The first kappa shape index (κ1) is 25.5. The summed E-state index contributed by atoms with van der Waals surface area (Å²) in [4.78, 5) is 30.0. The monoisotopic (exact) mass is 509 g/mol. The molecule has 37 heavy (non-hydrogen) atoms. The van der Waals surface area contributed by atoms with Gasteiger partial charge in [-0.3, -0.25) is 4.79 Å². The van der Waals surface area contributed by atoms with Crippen molar-refractivity contribution in [3.05, 3.63) is 64.7 Å². The molecule has 0 aromatic heterocycles. The zero-order chi connectivity index (χ0) is 26.2. The molecule has 3 aliphatic rings. The van der Waals surface area contributed by atoms with Gasteiger partial charge >= 0.3 is 6.09 Å². The van der Waals surface area contributed by atoms with Crippen LogP contribution in [0.2, 0.25) is 0 Å². The van der Waals surface area contributed by atoms with Crippen LogP contribution in [-0.2, 0) is 33.0 Å². The molecule has 5 rings (SSSR count). The number of nitrogens with one attached hydrogen (secondary N) is 1. The fraction of sp³-hybridized carbons (Fsp3) is 0.500. The van der Waals surface area contributed by atoms with Crippen molar-refractivity contribution in [1.82, 2.24) is 15.3 Å². The van der Waals surface area contributed by atoms with Crippen molar-refractivity contribution >= 4 is 12.0 Å². The van der Waals surface area contributed by atoms with Gasteiger partial charge in [0.15, 0.2) is 6.10 Å². The molecule has 9 heteroatoms. The van der Waals surface area contributed by atoms with E-state index in [1.54, 1.807) is 9.80 Å². The Labute approximate surface area is 217 Å². The largest absolute Gasteiger partial charge is 0.491 e. The van der Waals surface area contributed by atoms with E-state index >= 15 is 0 Å². The van der Waals surface area contributed by atoms with Gasteiger partial charge < -0.3 is 29.2 Å². The third kappa shape index (κ3) is 5.16. The Balaban J connectivity index is 1.33. The molecule has 1 fully saturated rings. The first-order chi connectivity index (χ1) is 17.7. The number of ether oxygens (including phenoxy) is 3. The summed E-state index contributed by atoms with van der Waals surface area (Å²) in [5, 5.41) is 9.00. The van der Waals surface area contributed by atoms with Crippen molar-refractivity contribution in [2.75, 3.05) is 26.2 Å². The average Bonchev–Trinajstić information content (AvgIpc) is 3.02. The minimum atomic E-state index is -0.705. The molecule has 2 amide bonds. The van der Waals surface area contributed by atoms with Crippen LogP contribution in [0.25, 0.3) is 0 Å². The van der Waals surface area contributed by atoms with Gasteiger partial charge in [0, 0.05) is 31.7 Å². The lowest BCUT2D eigenvalue weighted by molar-refractivity contribution is -0.161. The number of carbonyl (C=O) groups is 2. The Bertz CT molecular complexity index is 1170. The van der Waals surface area contributed by atoms with E-state index < -0.39 is 17.3 Å². The van der Waals surface area contributed by atoms with E-state index in [1.807, 2.05) is 63.2 Å². The molecule has 1 unspecified atom stereocenters. The van der Waals surface area contributed by atoms with Crippen LogP contribution in [0, 0.1) is 0 Å². The molecule has 1 atom stereocenters. The van der Waals surface area contributed by atoms with Gasteiger partial charge in [-0.05, 0) is 56.4 Å². The first-order valence-electron chi connectivity index (χ1n) is 12.8. The van der Waals surface area contributed by atoms with Gasteiger partial charge in [-0.1, -0.05) is 36.4 Å². The molecule has 0 radical (unpaired) electrons. The minimum absolute atomic E-state index is 0.0866. The number of fused-ring (bicyclic) bond motifs is 3. The maximum Gasteiger partial charge on any atom is 0.410 e. The summed E-state index contributed by atoms with van der Waals surface area (Å²) in [6.45, 7) is 8.14. The summed E-state index contributed by atoms with van der Waals surface area (Å²) in [5.41, 5.74) is 4.75. The number of benzene rings is 2. The van der Waals surface area contributed by atoms with E-state index in [9.17, 15) is 9.59 Å². The number of piperidine rings is 1. The van der Waals surface area contributed by atoms with E-state index in [1.165, 1.54) is 0 Å². The average molecular weight is 510 g/mol. The Hall–Kier alpha value is -3.14. The predicted octanol–water partition coefficient (Wildman–Crippen LogP) is 3.88. The molecule has 1 saturated heterocycles. The number of nitrogens with zero attached hydrogens (tertiary/aromatic N) is 2. The molecule has 3 heterocycles. The van der Waals surface area contributed by atoms with Gasteiger partial charge in [0.25, 0.3) is 5.91 Å². The summed E-state index contributed by atoms with van der Waals surface area (Å²) in [6, 6.07) is 13.7. The van der Waals surface area contributed by atoms with Crippen LogP contribution in [0.3, 0.4) is 0 Å². The highest BCUT2D eigenvalue weighted by molar-refractivity contribution is 5.84. The van der Waals surface area contributed by atoms with Gasteiger partial charge in [-0.25, -0.2) is 10.3 Å². The summed E-state index contributed by atoms with van der Waals surface area (Å²) in [5.74, 6) is 0.637. The van der Waals surface area contributed by atoms with Crippen LogP contribution >= 0.6 is 0 Å². The molecular weight excluding hydrogens is 474 g/mol. The second-order valence-corrected chi connectivity index (χ2v) is 10.9. The normalized spacial score (nSPS) is 20.6. The quantitative estimate of drug-likeness (QED) is 0.606. The molecule has 0 bridgehead atoms. The van der Waals surface area contributed by atoms with Crippen molar-refractivity contribution in [3.63, 3.8) is 0 Å². The molecule has 2 N–H and O–H groups in total. The summed E-state index contributed by atoms with van der Waals surface area (Å²) >= 11 is 0. The molecule has 0 saturated carbocycles. The number of rotatable bonds is 3. The summed E-state index contributed by atoms with van der Waals surface area (Å²) < 4.78 is 18.1. The molecule has 9 nitrogen and oxygen atoms in total. The van der Waals surface area contributed by atoms with Crippen LogP contribution in [0.15, 0.2) is 42.5 Å². The van der Waals surface area contributed by atoms with Crippen LogP contribution in [0.1, 0.15) is 62.0 Å². The summed E-state index contributed by atoms with van der Waals surface area (Å²) in [6.07, 6.45) is 0.174. The topological polar surface area (TPSA) is 101 Å². The van der Waals surface area contributed by atoms with Gasteiger partial charge in [-0.2, -0.15) is 0 Å². The number of hydrogen-bond donors (Lipinski definition) is 2. The van der Waals surface area contributed by atoms with Crippen LogP contribution in [0.5, 0.6) is 5.75 Å². The van der Waals surface area contributed by atoms with E-state index in [0.717, 1.165) is 28.0 Å². The van der Waals surface area contributed by atoms with Crippen molar-refractivity contribution < 1.29 is 29.0 Å². The number of amides is 2. The molecule has 2 aromatic carbocycles. The third-order valence-electron chi connectivity index (χ3n) is 7.23. The highest BCUT2D eigenvalue weighted by Gasteiger charge is 2.50. The van der Waals surface area contributed by atoms with Crippen molar-refractivity contribution in [1.29, 1.82) is 0 Å². The first-order valence-corrected chi connectivity index (χ1v) is 12.8.